The molecule has 1 aliphatic rings. The zero-order valence-electron chi connectivity index (χ0n) is 35.9. The van der Waals surface area contributed by atoms with Gasteiger partial charge in [-0.3, -0.25) is 0 Å². The molecule has 0 N–H and O–H groups in total. The van der Waals surface area contributed by atoms with E-state index < -0.39 is 8.07 Å². The van der Waals surface area contributed by atoms with Crippen molar-refractivity contribution in [3.05, 3.63) is 212 Å². The summed E-state index contributed by atoms with van der Waals surface area (Å²) in [5.41, 5.74) is 12.7. The molecule has 64 heavy (non-hydrogen) atoms. The Hall–Kier alpha value is -7.86. The van der Waals surface area contributed by atoms with Gasteiger partial charge >= 0.3 is 0 Å². The van der Waals surface area contributed by atoms with Crippen LogP contribution in [0.25, 0.3) is 65.7 Å². The maximum atomic E-state index is 6.93. The van der Waals surface area contributed by atoms with E-state index in [1.165, 1.54) is 10.8 Å². The van der Waals surface area contributed by atoms with Crippen LogP contribution in [0.4, 0.5) is 34.1 Å². The van der Waals surface area contributed by atoms with Crippen molar-refractivity contribution in [3.63, 3.8) is 0 Å². The van der Waals surface area contributed by atoms with Crippen molar-refractivity contribution in [2.75, 3.05) is 9.80 Å². The molecule has 2 heterocycles. The monoisotopic (exact) mass is 840 g/mol. The van der Waals surface area contributed by atoms with Gasteiger partial charge < -0.3 is 19.0 Å². The van der Waals surface area contributed by atoms with Gasteiger partial charge in [0, 0.05) is 67.9 Å². The third-order valence-corrected chi connectivity index (χ3v) is 14.8. The lowest BCUT2D eigenvalue weighted by Crippen LogP contribution is -2.37. The molecule has 0 saturated heterocycles. The summed E-state index contributed by atoms with van der Waals surface area (Å²) >= 11 is 0. The van der Waals surface area contributed by atoms with E-state index in [9.17, 15) is 0 Å². The van der Waals surface area contributed by atoms with Crippen molar-refractivity contribution >= 4 is 90.9 Å². The van der Waals surface area contributed by atoms with Crippen LogP contribution in [-0.2, 0) is 0 Å². The Morgan fingerprint density at radius 2 is 1.02 bits per heavy atom. The van der Waals surface area contributed by atoms with Crippen LogP contribution >= 0.6 is 0 Å². The van der Waals surface area contributed by atoms with Gasteiger partial charge in [-0.2, -0.15) is 0 Å². The maximum absolute atomic E-state index is 6.93. The third kappa shape index (κ3) is 6.35. The molecule has 0 bridgehead atoms. The second kappa shape index (κ2) is 14.9. The minimum Gasteiger partial charge on any atom is -0.456 e. The molecule has 306 valence electrons. The Morgan fingerprint density at radius 1 is 0.375 bits per heavy atom. The second-order valence-corrected chi connectivity index (χ2v) is 22.8. The van der Waals surface area contributed by atoms with Gasteiger partial charge in [0.1, 0.15) is 22.7 Å². The van der Waals surface area contributed by atoms with Crippen LogP contribution in [0.3, 0.4) is 0 Å². The summed E-state index contributed by atoms with van der Waals surface area (Å²) in [6.45, 7) is 7.18. The van der Waals surface area contributed by atoms with Crippen molar-refractivity contribution < 1.29 is 9.15 Å². The summed E-state index contributed by atoms with van der Waals surface area (Å²) < 4.78 is 13.4. The van der Waals surface area contributed by atoms with Gasteiger partial charge in [-0.05, 0) is 112 Å². The molecule has 11 aromatic rings. The molecule has 0 aliphatic carbocycles. The first-order chi connectivity index (χ1) is 31.4. The summed E-state index contributed by atoms with van der Waals surface area (Å²) in [5, 5.41) is 8.25. The van der Waals surface area contributed by atoms with Gasteiger partial charge in [-0.25, -0.2) is 0 Å². The topological polar surface area (TPSA) is 28.9 Å². The molecule has 10 aromatic carbocycles. The van der Waals surface area contributed by atoms with Crippen molar-refractivity contribution in [1.82, 2.24) is 0 Å². The van der Waals surface area contributed by atoms with Crippen LogP contribution in [-0.4, -0.2) is 8.07 Å². The van der Waals surface area contributed by atoms with E-state index in [0.717, 1.165) is 106 Å². The first-order valence-corrected chi connectivity index (χ1v) is 25.5. The van der Waals surface area contributed by atoms with Gasteiger partial charge in [0.2, 0.25) is 0 Å². The van der Waals surface area contributed by atoms with E-state index in [0.29, 0.717) is 0 Å². The first-order valence-electron chi connectivity index (χ1n) is 22.0. The first kappa shape index (κ1) is 37.9. The number of hydrogen-bond donors (Lipinski definition) is 0. The summed E-state index contributed by atoms with van der Waals surface area (Å²) in [5.74, 6) is 1.70. The maximum Gasteiger partial charge on any atom is 0.137 e. The van der Waals surface area contributed by atoms with E-state index in [1.807, 2.05) is 12.1 Å². The number of para-hydroxylation sites is 3. The average molecular weight is 841 g/mol. The molecule has 12 rings (SSSR count). The number of rotatable bonds is 8. The fourth-order valence-corrected chi connectivity index (χ4v) is 10.8. The number of hydrogen-bond acceptors (Lipinski definition) is 4. The molecule has 0 amide bonds. The molecule has 5 heteroatoms. The van der Waals surface area contributed by atoms with Crippen LogP contribution in [0.2, 0.25) is 19.6 Å². The number of benzene rings is 10. The van der Waals surface area contributed by atoms with Gasteiger partial charge in [0.05, 0.1) is 13.8 Å². The SMILES string of the molecule is C[Si](C)(C)c1ccc(N(c2ccccc2)c2ccc3c(c2)Oc2cccc4c2c-3cc2ccc(N(c3ccc5c(c3)oc3ccccc35)c3ccccc3-c3ccccc3)cc24)cc1. The highest BCUT2D eigenvalue weighted by Gasteiger charge is 2.26. The van der Waals surface area contributed by atoms with Gasteiger partial charge in [-0.15, -0.1) is 0 Å². The third-order valence-electron chi connectivity index (χ3n) is 12.8. The summed E-state index contributed by atoms with van der Waals surface area (Å²) in [6, 6.07) is 76.2. The Bertz CT molecular complexity index is 3570. The van der Waals surface area contributed by atoms with E-state index in [2.05, 4.69) is 230 Å². The highest BCUT2D eigenvalue weighted by atomic mass is 28.3. The largest absolute Gasteiger partial charge is 0.456 e. The highest BCUT2D eigenvalue weighted by molar-refractivity contribution is 6.88. The van der Waals surface area contributed by atoms with Crippen molar-refractivity contribution in [2.45, 2.75) is 19.6 Å². The number of fused-ring (bicyclic) bond motifs is 7. The van der Waals surface area contributed by atoms with Crippen molar-refractivity contribution in [2.24, 2.45) is 0 Å². The highest BCUT2D eigenvalue weighted by Crippen LogP contribution is 2.52. The van der Waals surface area contributed by atoms with E-state index >= 15 is 0 Å². The van der Waals surface area contributed by atoms with Gasteiger partial charge in [0.25, 0.3) is 0 Å². The van der Waals surface area contributed by atoms with E-state index in [1.54, 1.807) is 0 Å². The van der Waals surface area contributed by atoms with E-state index in [4.69, 9.17) is 9.15 Å². The van der Waals surface area contributed by atoms with Crippen LogP contribution in [0.5, 0.6) is 11.5 Å². The normalized spacial score (nSPS) is 12.1. The van der Waals surface area contributed by atoms with Crippen LogP contribution in [0, 0.1) is 0 Å². The number of furan rings is 1. The Balaban J connectivity index is 1.00. The van der Waals surface area contributed by atoms with Crippen LogP contribution in [0.15, 0.2) is 217 Å². The molecular formula is C59H44N2O2Si. The standard InChI is InChI=1S/C59H44N2O2Si/c1-64(2,3)46-31-27-42(28-32-46)60(41-17-8-5-9-18-41)44-29-34-50-53-35-40-25-26-43(36-52(40)51-21-14-24-56(59(51)53)63-58(50)37-44)61(54-22-12-10-19-47(54)39-15-6-4-7-16-39)45-30-33-49-48-20-11-13-23-55(48)62-57(49)38-45/h4-38H,1-3H3. The lowest BCUT2D eigenvalue weighted by atomic mass is 9.90. The second-order valence-electron chi connectivity index (χ2n) is 17.8. The summed E-state index contributed by atoms with van der Waals surface area (Å²) in [6.07, 6.45) is 0. The van der Waals surface area contributed by atoms with Crippen molar-refractivity contribution in [3.8, 4) is 33.8 Å². The molecule has 0 unspecified atom stereocenters. The summed E-state index contributed by atoms with van der Waals surface area (Å²) in [4.78, 5) is 4.69. The number of ether oxygens (including phenoxy) is 1. The molecule has 4 nitrogen and oxygen atoms in total. The lowest BCUT2D eigenvalue weighted by Gasteiger charge is -2.29. The molecule has 0 atom stereocenters. The zero-order valence-corrected chi connectivity index (χ0v) is 36.9. The minimum atomic E-state index is -1.46. The van der Waals surface area contributed by atoms with Gasteiger partial charge in [0.15, 0.2) is 0 Å². The Kier molecular flexibility index (Phi) is 8.82. The van der Waals surface area contributed by atoms with Gasteiger partial charge in [-0.1, -0.05) is 140 Å². The number of anilines is 6. The molecule has 1 aromatic heterocycles. The van der Waals surface area contributed by atoms with Crippen LogP contribution in [0.1, 0.15) is 0 Å². The molecule has 0 saturated carbocycles. The fraction of sp³-hybridized carbons (Fsp3) is 0.0508. The summed E-state index contributed by atoms with van der Waals surface area (Å²) in [7, 11) is -1.46. The number of nitrogens with zero attached hydrogens (tertiary/aromatic N) is 2. The molecule has 1 aliphatic heterocycles. The zero-order chi connectivity index (χ0) is 42.9. The predicted molar refractivity (Wildman–Crippen MR) is 272 cm³/mol. The Morgan fingerprint density at radius 3 is 1.84 bits per heavy atom. The fourth-order valence-electron chi connectivity index (χ4n) is 9.62. The van der Waals surface area contributed by atoms with Crippen LogP contribution < -0.4 is 19.7 Å². The van der Waals surface area contributed by atoms with E-state index in [-0.39, 0.29) is 0 Å². The van der Waals surface area contributed by atoms with Crippen molar-refractivity contribution in [1.29, 1.82) is 0 Å². The lowest BCUT2D eigenvalue weighted by molar-refractivity contribution is 0.487. The molecular weight excluding hydrogens is 797 g/mol. The Labute approximate surface area is 373 Å². The quantitative estimate of drug-likeness (QED) is 0.113. The predicted octanol–water partition coefficient (Wildman–Crippen LogP) is 16.8. The average Bonchev–Trinajstić information content (AvgIpc) is 3.70. The molecule has 0 spiro atoms. The molecule has 0 fully saturated rings. The minimum absolute atomic E-state index is 0.845. The molecule has 0 radical (unpaired) electrons. The smallest absolute Gasteiger partial charge is 0.137 e.